The molecule has 2 aromatic carbocycles. The standard InChI is InChI=1S/C17H19N3O2S/c1-12-4-6-13(7-5-12)11-18-20-17(23)19-14-8-9-15(21-2)16(10-14)22-3/h4-11H,1-3H3,(H2,19,20,23). The van der Waals surface area contributed by atoms with Crippen LogP contribution in [0.4, 0.5) is 5.69 Å². The second kappa shape index (κ2) is 8.14. The predicted molar refractivity (Wildman–Crippen MR) is 97.7 cm³/mol. The molecule has 0 fully saturated rings. The zero-order chi connectivity index (χ0) is 16.7. The maximum Gasteiger partial charge on any atom is 0.191 e. The topological polar surface area (TPSA) is 54.9 Å². The van der Waals surface area contributed by atoms with Gasteiger partial charge in [-0.3, -0.25) is 5.43 Å². The lowest BCUT2D eigenvalue weighted by Crippen LogP contribution is -2.23. The fourth-order valence-electron chi connectivity index (χ4n) is 1.89. The van der Waals surface area contributed by atoms with Gasteiger partial charge in [0, 0.05) is 11.8 Å². The van der Waals surface area contributed by atoms with Gasteiger partial charge in [0.2, 0.25) is 0 Å². The Morgan fingerprint density at radius 2 is 1.74 bits per heavy atom. The molecule has 0 aliphatic heterocycles. The van der Waals surface area contributed by atoms with Crippen molar-refractivity contribution in [2.45, 2.75) is 6.92 Å². The van der Waals surface area contributed by atoms with E-state index in [9.17, 15) is 0 Å². The Labute approximate surface area is 141 Å². The van der Waals surface area contributed by atoms with Crippen molar-refractivity contribution in [3.05, 3.63) is 53.6 Å². The number of hydrogen-bond donors (Lipinski definition) is 2. The maximum atomic E-state index is 5.25. The zero-order valence-corrected chi connectivity index (χ0v) is 14.1. The van der Waals surface area contributed by atoms with Gasteiger partial charge >= 0.3 is 0 Å². The highest BCUT2D eigenvalue weighted by molar-refractivity contribution is 7.80. The van der Waals surface area contributed by atoms with Crippen LogP contribution >= 0.6 is 12.2 Å². The first-order valence-corrected chi connectivity index (χ1v) is 7.42. The van der Waals surface area contributed by atoms with Gasteiger partial charge in [0.1, 0.15) is 0 Å². The molecule has 120 valence electrons. The minimum Gasteiger partial charge on any atom is -0.493 e. The quantitative estimate of drug-likeness (QED) is 0.501. The Morgan fingerprint density at radius 1 is 1.04 bits per heavy atom. The molecule has 0 saturated heterocycles. The van der Waals surface area contributed by atoms with E-state index in [-0.39, 0.29) is 0 Å². The molecule has 0 spiro atoms. The Balaban J connectivity index is 1.93. The van der Waals surface area contributed by atoms with E-state index in [4.69, 9.17) is 21.7 Å². The lowest BCUT2D eigenvalue weighted by molar-refractivity contribution is 0.355. The molecule has 0 aromatic heterocycles. The second-order valence-electron chi connectivity index (χ2n) is 4.80. The SMILES string of the molecule is COc1ccc(NC(=S)NN=Cc2ccc(C)cc2)cc1OC. The highest BCUT2D eigenvalue weighted by Gasteiger charge is 2.05. The van der Waals surface area contributed by atoms with Crippen LogP contribution in [0.5, 0.6) is 11.5 Å². The first-order chi connectivity index (χ1) is 11.1. The van der Waals surface area contributed by atoms with Gasteiger partial charge in [0.25, 0.3) is 0 Å². The van der Waals surface area contributed by atoms with Crippen molar-refractivity contribution in [2.24, 2.45) is 5.10 Å². The summed E-state index contributed by atoms with van der Waals surface area (Å²) in [6, 6.07) is 13.5. The number of anilines is 1. The third-order valence-corrected chi connectivity index (χ3v) is 3.29. The van der Waals surface area contributed by atoms with E-state index >= 15 is 0 Å². The number of rotatable bonds is 5. The fraction of sp³-hybridized carbons (Fsp3) is 0.176. The molecule has 2 rings (SSSR count). The van der Waals surface area contributed by atoms with Gasteiger partial charge in [-0.2, -0.15) is 5.10 Å². The maximum absolute atomic E-state index is 5.25. The fourth-order valence-corrected chi connectivity index (χ4v) is 2.06. The monoisotopic (exact) mass is 329 g/mol. The molecule has 0 unspecified atom stereocenters. The normalized spacial score (nSPS) is 10.4. The summed E-state index contributed by atoms with van der Waals surface area (Å²) in [7, 11) is 3.18. The molecule has 0 heterocycles. The van der Waals surface area contributed by atoms with E-state index in [2.05, 4.69) is 15.8 Å². The van der Waals surface area contributed by atoms with Crippen molar-refractivity contribution in [1.82, 2.24) is 5.43 Å². The summed E-state index contributed by atoms with van der Waals surface area (Å²) in [6.07, 6.45) is 1.71. The summed E-state index contributed by atoms with van der Waals surface area (Å²) >= 11 is 5.20. The molecule has 2 aromatic rings. The lowest BCUT2D eigenvalue weighted by Gasteiger charge is -2.11. The third-order valence-electron chi connectivity index (χ3n) is 3.10. The van der Waals surface area contributed by atoms with Gasteiger partial charge < -0.3 is 14.8 Å². The van der Waals surface area contributed by atoms with Gasteiger partial charge in [0.05, 0.1) is 20.4 Å². The van der Waals surface area contributed by atoms with Gasteiger partial charge in [-0.15, -0.1) is 0 Å². The number of nitrogens with zero attached hydrogens (tertiary/aromatic N) is 1. The molecule has 23 heavy (non-hydrogen) atoms. The van der Waals surface area contributed by atoms with Crippen molar-refractivity contribution < 1.29 is 9.47 Å². The van der Waals surface area contributed by atoms with Crippen LogP contribution in [-0.4, -0.2) is 25.5 Å². The number of ether oxygens (including phenoxy) is 2. The molecule has 0 radical (unpaired) electrons. The minimum atomic E-state index is 0.389. The molecule has 5 nitrogen and oxygen atoms in total. The van der Waals surface area contributed by atoms with E-state index in [0.717, 1.165) is 11.3 Å². The smallest absolute Gasteiger partial charge is 0.191 e. The molecule has 2 N–H and O–H groups in total. The van der Waals surface area contributed by atoms with Gasteiger partial charge in [-0.1, -0.05) is 29.8 Å². The number of thiocarbonyl (C=S) groups is 1. The van der Waals surface area contributed by atoms with Crippen LogP contribution in [0.1, 0.15) is 11.1 Å². The molecule has 0 aliphatic carbocycles. The summed E-state index contributed by atoms with van der Waals surface area (Å²) in [6.45, 7) is 2.04. The van der Waals surface area contributed by atoms with E-state index in [1.54, 1.807) is 32.6 Å². The lowest BCUT2D eigenvalue weighted by atomic mass is 10.2. The number of hydrogen-bond acceptors (Lipinski definition) is 4. The number of aryl methyl sites for hydroxylation is 1. The zero-order valence-electron chi connectivity index (χ0n) is 13.3. The van der Waals surface area contributed by atoms with Crippen LogP contribution < -0.4 is 20.2 Å². The molecule has 0 saturated carbocycles. The van der Waals surface area contributed by atoms with Gasteiger partial charge in [-0.05, 0) is 36.8 Å². The highest BCUT2D eigenvalue weighted by atomic mass is 32.1. The van der Waals surface area contributed by atoms with Crippen LogP contribution in [0.15, 0.2) is 47.6 Å². The number of methoxy groups -OCH3 is 2. The summed E-state index contributed by atoms with van der Waals surface area (Å²) in [5.41, 5.74) is 5.77. The molecule has 0 aliphatic rings. The average Bonchev–Trinajstić information content (AvgIpc) is 2.56. The molecule has 0 amide bonds. The molecular weight excluding hydrogens is 310 g/mol. The Morgan fingerprint density at radius 3 is 2.39 bits per heavy atom. The highest BCUT2D eigenvalue weighted by Crippen LogP contribution is 2.29. The van der Waals surface area contributed by atoms with Crippen molar-refractivity contribution in [3.8, 4) is 11.5 Å². The second-order valence-corrected chi connectivity index (χ2v) is 5.21. The van der Waals surface area contributed by atoms with Crippen LogP contribution in [-0.2, 0) is 0 Å². The summed E-state index contributed by atoms with van der Waals surface area (Å²) < 4.78 is 10.4. The Bertz CT molecular complexity index is 699. The van der Waals surface area contributed by atoms with Crippen molar-refractivity contribution in [3.63, 3.8) is 0 Å². The first-order valence-electron chi connectivity index (χ1n) is 7.01. The average molecular weight is 329 g/mol. The van der Waals surface area contributed by atoms with Crippen LogP contribution in [0.2, 0.25) is 0 Å². The number of nitrogens with one attached hydrogen (secondary N) is 2. The largest absolute Gasteiger partial charge is 0.493 e. The molecule has 0 bridgehead atoms. The molecular formula is C17H19N3O2S. The van der Waals surface area contributed by atoms with Crippen molar-refractivity contribution in [1.29, 1.82) is 0 Å². The van der Waals surface area contributed by atoms with Crippen LogP contribution in [0, 0.1) is 6.92 Å². The van der Waals surface area contributed by atoms with Crippen LogP contribution in [0.3, 0.4) is 0 Å². The Hall–Kier alpha value is -2.60. The van der Waals surface area contributed by atoms with E-state index in [0.29, 0.717) is 16.6 Å². The summed E-state index contributed by atoms with van der Waals surface area (Å²) in [5, 5.41) is 7.53. The van der Waals surface area contributed by atoms with Crippen molar-refractivity contribution >= 4 is 29.2 Å². The van der Waals surface area contributed by atoms with Crippen molar-refractivity contribution in [2.75, 3.05) is 19.5 Å². The predicted octanol–water partition coefficient (Wildman–Crippen LogP) is 3.33. The van der Waals surface area contributed by atoms with Crippen LogP contribution in [0.25, 0.3) is 0 Å². The third kappa shape index (κ3) is 4.96. The van der Waals surface area contributed by atoms with Gasteiger partial charge in [0.15, 0.2) is 16.6 Å². The Kier molecular flexibility index (Phi) is 5.94. The first kappa shape index (κ1) is 16.8. The van der Waals surface area contributed by atoms with E-state index in [1.807, 2.05) is 37.3 Å². The number of benzene rings is 2. The molecule has 0 atom stereocenters. The van der Waals surface area contributed by atoms with E-state index in [1.165, 1.54) is 5.56 Å². The number of hydrazone groups is 1. The van der Waals surface area contributed by atoms with E-state index < -0.39 is 0 Å². The summed E-state index contributed by atoms with van der Waals surface area (Å²) in [5.74, 6) is 1.29. The van der Waals surface area contributed by atoms with Gasteiger partial charge in [-0.25, -0.2) is 0 Å². The minimum absolute atomic E-state index is 0.389. The summed E-state index contributed by atoms with van der Waals surface area (Å²) in [4.78, 5) is 0. The molecule has 6 heteroatoms.